The number of hydrogen-bond acceptors (Lipinski definition) is 6. The van der Waals surface area contributed by atoms with E-state index in [0.717, 1.165) is 5.56 Å². The molecule has 2 amide bonds. The normalized spacial score (nSPS) is 10.5. The summed E-state index contributed by atoms with van der Waals surface area (Å²) in [6.45, 7) is 2.87. The third kappa shape index (κ3) is 7.67. The Balaban J connectivity index is 1.47. The van der Waals surface area contributed by atoms with Gasteiger partial charge in [0.1, 0.15) is 18.8 Å². The molecule has 0 aliphatic carbocycles. The number of carbonyl (C=O) groups excluding carboxylic acids is 2. The van der Waals surface area contributed by atoms with Crippen LogP contribution in [-0.2, 0) is 16.2 Å². The Labute approximate surface area is 198 Å². The van der Waals surface area contributed by atoms with E-state index in [-0.39, 0.29) is 6.42 Å². The fourth-order valence-corrected chi connectivity index (χ4v) is 2.99. The summed E-state index contributed by atoms with van der Waals surface area (Å²) >= 11 is 0. The van der Waals surface area contributed by atoms with Crippen molar-refractivity contribution in [1.82, 2.24) is 5.43 Å². The number of amides is 2. The van der Waals surface area contributed by atoms with Crippen molar-refractivity contribution in [2.75, 3.05) is 19.0 Å². The van der Waals surface area contributed by atoms with Crippen LogP contribution >= 0.6 is 0 Å². The number of methoxy groups -OCH3 is 1. The molecule has 2 N–H and O–H groups in total. The molecule has 3 aromatic carbocycles. The molecule has 0 bridgehead atoms. The van der Waals surface area contributed by atoms with Crippen molar-refractivity contribution in [1.29, 1.82) is 0 Å². The van der Waals surface area contributed by atoms with Crippen LogP contribution in [0.4, 0.5) is 5.69 Å². The molecule has 3 rings (SSSR count). The van der Waals surface area contributed by atoms with Crippen molar-refractivity contribution >= 4 is 23.7 Å². The van der Waals surface area contributed by atoms with E-state index >= 15 is 0 Å². The molecule has 3 aromatic rings. The number of hydrogen-bond donors (Lipinski definition) is 2. The summed E-state index contributed by atoms with van der Waals surface area (Å²) < 4.78 is 16.6. The smallest absolute Gasteiger partial charge is 0.249 e. The van der Waals surface area contributed by atoms with Gasteiger partial charge in [0.25, 0.3) is 0 Å². The zero-order chi connectivity index (χ0) is 24.2. The van der Waals surface area contributed by atoms with E-state index < -0.39 is 11.8 Å². The molecule has 0 spiro atoms. The van der Waals surface area contributed by atoms with Crippen LogP contribution < -0.4 is 25.0 Å². The van der Waals surface area contributed by atoms with Gasteiger partial charge in [0, 0.05) is 5.69 Å². The predicted molar refractivity (Wildman–Crippen MR) is 130 cm³/mol. The number of hydrazone groups is 1. The van der Waals surface area contributed by atoms with E-state index in [4.69, 9.17) is 14.2 Å². The first-order chi connectivity index (χ1) is 16.6. The molecular formula is C26H27N3O5. The summed E-state index contributed by atoms with van der Waals surface area (Å²) in [5.74, 6) is 0.868. The van der Waals surface area contributed by atoms with Crippen molar-refractivity contribution in [2.45, 2.75) is 20.0 Å². The summed E-state index contributed by atoms with van der Waals surface area (Å²) in [7, 11) is 1.55. The summed E-state index contributed by atoms with van der Waals surface area (Å²) in [5.41, 5.74) is 4.67. The van der Waals surface area contributed by atoms with E-state index in [1.807, 2.05) is 37.3 Å². The minimum Gasteiger partial charge on any atom is -0.494 e. The first-order valence-corrected chi connectivity index (χ1v) is 10.8. The zero-order valence-corrected chi connectivity index (χ0v) is 19.1. The molecule has 8 heteroatoms. The minimum atomic E-state index is -0.533. The lowest BCUT2D eigenvalue weighted by atomic mass is 10.2. The molecule has 0 aromatic heterocycles. The Kier molecular flexibility index (Phi) is 9.04. The lowest BCUT2D eigenvalue weighted by Gasteiger charge is -2.11. The zero-order valence-electron chi connectivity index (χ0n) is 19.1. The molecular weight excluding hydrogens is 434 g/mol. The monoisotopic (exact) mass is 461 g/mol. The van der Waals surface area contributed by atoms with E-state index in [9.17, 15) is 9.59 Å². The van der Waals surface area contributed by atoms with Gasteiger partial charge in [0.15, 0.2) is 11.5 Å². The van der Waals surface area contributed by atoms with Crippen LogP contribution in [0.1, 0.15) is 24.5 Å². The molecule has 0 aliphatic heterocycles. The Bertz CT molecular complexity index is 1120. The average molecular weight is 462 g/mol. The largest absolute Gasteiger partial charge is 0.494 e. The predicted octanol–water partition coefficient (Wildman–Crippen LogP) is 4.15. The standard InChI is InChI=1S/C26H27N3O5/c1-3-33-22-12-10-21(11-13-22)28-25(30)16-26(31)29-27-17-20-9-14-23(24(15-20)32-2)34-18-19-7-5-4-6-8-19/h4-15,17H,3,16,18H2,1-2H3,(H,28,30)(H,29,31). The van der Waals surface area contributed by atoms with Crippen molar-refractivity contribution in [3.05, 3.63) is 83.9 Å². The van der Waals surface area contributed by atoms with Crippen LogP contribution in [0, 0.1) is 0 Å². The van der Waals surface area contributed by atoms with Crippen LogP contribution in [0.5, 0.6) is 17.2 Å². The van der Waals surface area contributed by atoms with Gasteiger partial charge < -0.3 is 19.5 Å². The van der Waals surface area contributed by atoms with E-state index in [0.29, 0.717) is 41.7 Å². The van der Waals surface area contributed by atoms with Crippen LogP contribution in [-0.4, -0.2) is 31.7 Å². The molecule has 0 atom stereocenters. The van der Waals surface area contributed by atoms with Crippen molar-refractivity contribution in [2.24, 2.45) is 5.10 Å². The quantitative estimate of drug-likeness (QED) is 0.254. The molecule has 0 saturated heterocycles. The van der Waals surface area contributed by atoms with Crippen LogP contribution in [0.25, 0.3) is 0 Å². The number of rotatable bonds is 11. The number of nitrogens with one attached hydrogen (secondary N) is 2. The van der Waals surface area contributed by atoms with Gasteiger partial charge in [-0.3, -0.25) is 9.59 Å². The van der Waals surface area contributed by atoms with Gasteiger partial charge in [-0.05, 0) is 60.5 Å². The number of anilines is 1. The second-order valence-corrected chi connectivity index (χ2v) is 7.16. The maximum absolute atomic E-state index is 12.1. The number of ether oxygens (including phenoxy) is 3. The second-order valence-electron chi connectivity index (χ2n) is 7.16. The SMILES string of the molecule is CCOc1ccc(NC(=O)CC(=O)NN=Cc2ccc(OCc3ccccc3)c(OC)c2)cc1. The van der Waals surface area contributed by atoms with Crippen molar-refractivity contribution in [3.63, 3.8) is 0 Å². The fourth-order valence-electron chi connectivity index (χ4n) is 2.99. The summed E-state index contributed by atoms with van der Waals surface area (Å²) in [5, 5.41) is 6.57. The van der Waals surface area contributed by atoms with Gasteiger partial charge in [0.2, 0.25) is 11.8 Å². The van der Waals surface area contributed by atoms with Crippen molar-refractivity contribution < 1.29 is 23.8 Å². The topological polar surface area (TPSA) is 98.2 Å². The Morgan fingerprint density at radius 2 is 1.68 bits per heavy atom. The Morgan fingerprint density at radius 1 is 0.912 bits per heavy atom. The highest BCUT2D eigenvalue weighted by atomic mass is 16.5. The Hall–Kier alpha value is -4.33. The number of nitrogens with zero attached hydrogens (tertiary/aromatic N) is 1. The molecule has 8 nitrogen and oxygen atoms in total. The third-order valence-electron chi connectivity index (χ3n) is 4.60. The van der Waals surface area contributed by atoms with Gasteiger partial charge in [-0.1, -0.05) is 30.3 Å². The van der Waals surface area contributed by atoms with Gasteiger partial charge in [-0.25, -0.2) is 5.43 Å². The molecule has 176 valence electrons. The molecule has 0 saturated carbocycles. The fraction of sp³-hybridized carbons (Fsp3) is 0.192. The maximum Gasteiger partial charge on any atom is 0.249 e. The van der Waals surface area contributed by atoms with E-state index in [1.54, 1.807) is 49.6 Å². The van der Waals surface area contributed by atoms with Crippen molar-refractivity contribution in [3.8, 4) is 17.2 Å². The Morgan fingerprint density at radius 3 is 2.38 bits per heavy atom. The van der Waals surface area contributed by atoms with Crippen LogP contribution in [0.3, 0.4) is 0 Å². The first-order valence-electron chi connectivity index (χ1n) is 10.8. The summed E-state index contributed by atoms with van der Waals surface area (Å²) in [6, 6.07) is 22.0. The van der Waals surface area contributed by atoms with E-state index in [2.05, 4.69) is 15.8 Å². The second kappa shape index (κ2) is 12.6. The molecule has 0 heterocycles. The average Bonchev–Trinajstić information content (AvgIpc) is 2.85. The molecule has 0 unspecified atom stereocenters. The molecule has 34 heavy (non-hydrogen) atoms. The molecule has 0 aliphatic rings. The molecule has 0 radical (unpaired) electrons. The highest BCUT2D eigenvalue weighted by molar-refractivity contribution is 6.03. The summed E-state index contributed by atoms with van der Waals surface area (Å²) in [6.07, 6.45) is 1.10. The van der Waals surface area contributed by atoms with Crippen LogP contribution in [0.15, 0.2) is 77.9 Å². The number of carbonyl (C=O) groups is 2. The molecule has 0 fully saturated rings. The van der Waals surface area contributed by atoms with Gasteiger partial charge in [-0.2, -0.15) is 5.10 Å². The lowest BCUT2D eigenvalue weighted by molar-refractivity contribution is -0.126. The van der Waals surface area contributed by atoms with Gasteiger partial charge in [-0.15, -0.1) is 0 Å². The number of benzene rings is 3. The van der Waals surface area contributed by atoms with E-state index in [1.165, 1.54) is 6.21 Å². The third-order valence-corrected chi connectivity index (χ3v) is 4.60. The van der Waals surface area contributed by atoms with Crippen LogP contribution in [0.2, 0.25) is 0 Å². The minimum absolute atomic E-state index is 0.361. The first kappa shape index (κ1) is 24.3. The maximum atomic E-state index is 12.1. The van der Waals surface area contributed by atoms with Gasteiger partial charge >= 0.3 is 0 Å². The highest BCUT2D eigenvalue weighted by Crippen LogP contribution is 2.28. The highest BCUT2D eigenvalue weighted by Gasteiger charge is 2.10. The van der Waals surface area contributed by atoms with Gasteiger partial charge in [0.05, 0.1) is 19.9 Å². The summed E-state index contributed by atoms with van der Waals surface area (Å²) in [4.78, 5) is 24.1. The lowest BCUT2D eigenvalue weighted by Crippen LogP contribution is -2.24.